The number of halogens is 2. The van der Waals surface area contributed by atoms with Crippen molar-refractivity contribution in [1.29, 1.82) is 0 Å². The van der Waals surface area contributed by atoms with E-state index in [1.54, 1.807) is 6.07 Å². The zero-order valence-electron chi connectivity index (χ0n) is 9.28. The number of aromatic nitrogens is 1. The Kier molecular flexibility index (Phi) is 3.32. The van der Waals surface area contributed by atoms with Gasteiger partial charge in [-0.05, 0) is 24.6 Å². The van der Waals surface area contributed by atoms with Crippen molar-refractivity contribution in [2.45, 2.75) is 13.5 Å². The normalized spacial score (nSPS) is 10.3. The highest BCUT2D eigenvalue weighted by Gasteiger charge is 2.03. The van der Waals surface area contributed by atoms with E-state index in [1.165, 1.54) is 24.4 Å². The van der Waals surface area contributed by atoms with Crippen LogP contribution in [0.1, 0.15) is 11.1 Å². The molecule has 0 amide bonds. The van der Waals surface area contributed by atoms with Crippen molar-refractivity contribution in [3.8, 4) is 5.75 Å². The minimum Gasteiger partial charge on any atom is -0.488 e. The van der Waals surface area contributed by atoms with Gasteiger partial charge in [0, 0.05) is 17.8 Å². The molecule has 0 atom stereocenters. The average Bonchev–Trinajstić information content (AvgIpc) is 2.30. The number of nitrogens with zero attached hydrogens (tertiary/aromatic N) is 1. The second-order valence-corrected chi connectivity index (χ2v) is 3.71. The largest absolute Gasteiger partial charge is 0.488 e. The summed E-state index contributed by atoms with van der Waals surface area (Å²) in [5.74, 6) is -0.320. The number of aryl methyl sites for hydroxylation is 1. The molecule has 2 rings (SSSR count). The molecule has 0 aliphatic heterocycles. The highest BCUT2D eigenvalue weighted by atomic mass is 19.1. The van der Waals surface area contributed by atoms with Gasteiger partial charge in [-0.15, -0.1) is 0 Å². The molecule has 1 aromatic heterocycles. The molecule has 2 aromatic rings. The number of pyridine rings is 1. The van der Waals surface area contributed by atoms with Gasteiger partial charge < -0.3 is 4.74 Å². The molecule has 0 fully saturated rings. The first kappa shape index (κ1) is 11.5. The minimum atomic E-state index is -0.415. The van der Waals surface area contributed by atoms with Crippen molar-refractivity contribution in [2.24, 2.45) is 0 Å². The van der Waals surface area contributed by atoms with Gasteiger partial charge in [0.15, 0.2) is 0 Å². The highest BCUT2D eigenvalue weighted by Crippen LogP contribution is 2.19. The quantitative estimate of drug-likeness (QED) is 0.814. The van der Waals surface area contributed by atoms with Crippen molar-refractivity contribution >= 4 is 0 Å². The zero-order chi connectivity index (χ0) is 12.3. The molecule has 88 valence electrons. The fourth-order valence-electron chi connectivity index (χ4n) is 1.43. The van der Waals surface area contributed by atoms with Gasteiger partial charge in [0.2, 0.25) is 0 Å². The number of benzene rings is 1. The Balaban J connectivity index is 2.09. The third kappa shape index (κ3) is 3.00. The Morgan fingerprint density at radius 3 is 2.71 bits per heavy atom. The molecule has 0 N–H and O–H groups in total. The first-order valence-electron chi connectivity index (χ1n) is 5.13. The van der Waals surface area contributed by atoms with Crippen LogP contribution in [0.5, 0.6) is 5.75 Å². The molecule has 0 aliphatic rings. The Hall–Kier alpha value is -1.97. The molecule has 0 unspecified atom stereocenters. The highest BCUT2D eigenvalue weighted by molar-refractivity contribution is 5.32. The molecule has 0 saturated carbocycles. The molecule has 2 nitrogen and oxygen atoms in total. The summed E-state index contributed by atoms with van der Waals surface area (Å²) in [5.41, 5.74) is 1.43. The van der Waals surface area contributed by atoms with E-state index in [-0.39, 0.29) is 12.4 Å². The summed E-state index contributed by atoms with van der Waals surface area (Å²) < 4.78 is 31.3. The molecular formula is C13H11F2NO. The lowest BCUT2D eigenvalue weighted by Gasteiger charge is -2.08. The topological polar surface area (TPSA) is 22.1 Å². The SMILES string of the molecule is Cc1ccc(F)cc1OCc1cncc(F)c1. The van der Waals surface area contributed by atoms with Gasteiger partial charge in [0.05, 0.1) is 6.20 Å². The van der Waals surface area contributed by atoms with Crippen LogP contribution in [0.3, 0.4) is 0 Å². The lowest BCUT2D eigenvalue weighted by Crippen LogP contribution is -1.98. The summed E-state index contributed by atoms with van der Waals surface area (Å²) in [4.78, 5) is 3.71. The van der Waals surface area contributed by atoms with E-state index in [0.717, 1.165) is 11.8 Å². The molecule has 0 saturated heterocycles. The monoisotopic (exact) mass is 235 g/mol. The lowest BCUT2D eigenvalue weighted by molar-refractivity contribution is 0.301. The van der Waals surface area contributed by atoms with Crippen LogP contribution in [0.2, 0.25) is 0 Å². The van der Waals surface area contributed by atoms with E-state index < -0.39 is 5.82 Å². The Morgan fingerprint density at radius 1 is 1.12 bits per heavy atom. The van der Waals surface area contributed by atoms with E-state index in [4.69, 9.17) is 4.74 Å². The molecular weight excluding hydrogens is 224 g/mol. The molecule has 0 bridgehead atoms. The van der Waals surface area contributed by atoms with Crippen LogP contribution in [-0.4, -0.2) is 4.98 Å². The van der Waals surface area contributed by atoms with E-state index in [2.05, 4.69) is 4.98 Å². The fraction of sp³-hybridized carbons (Fsp3) is 0.154. The summed E-state index contributed by atoms with van der Waals surface area (Å²) in [6, 6.07) is 5.64. The Morgan fingerprint density at radius 2 is 1.94 bits per heavy atom. The Bertz CT molecular complexity index is 529. The fourth-order valence-corrected chi connectivity index (χ4v) is 1.43. The van der Waals surface area contributed by atoms with Crippen LogP contribution >= 0.6 is 0 Å². The molecule has 4 heteroatoms. The number of hydrogen-bond donors (Lipinski definition) is 0. The van der Waals surface area contributed by atoms with Crippen molar-refractivity contribution in [1.82, 2.24) is 4.98 Å². The van der Waals surface area contributed by atoms with E-state index in [1.807, 2.05) is 6.92 Å². The third-order valence-corrected chi connectivity index (χ3v) is 2.31. The van der Waals surface area contributed by atoms with Crippen molar-refractivity contribution in [2.75, 3.05) is 0 Å². The maximum Gasteiger partial charge on any atom is 0.141 e. The molecule has 0 radical (unpaired) electrons. The van der Waals surface area contributed by atoms with E-state index >= 15 is 0 Å². The van der Waals surface area contributed by atoms with Crippen molar-refractivity contribution < 1.29 is 13.5 Å². The van der Waals surface area contributed by atoms with Gasteiger partial charge in [-0.1, -0.05) is 6.07 Å². The maximum atomic E-state index is 13.0. The van der Waals surface area contributed by atoms with Crippen LogP contribution in [0.4, 0.5) is 8.78 Å². The molecule has 1 heterocycles. The standard InChI is InChI=1S/C13H11F2NO/c1-9-2-3-11(14)5-13(9)17-8-10-4-12(15)7-16-6-10/h2-7H,8H2,1H3. The predicted molar refractivity (Wildman–Crippen MR) is 59.7 cm³/mol. The van der Waals surface area contributed by atoms with Crippen LogP contribution in [0, 0.1) is 18.6 Å². The van der Waals surface area contributed by atoms with Crippen molar-refractivity contribution in [3.05, 3.63) is 59.4 Å². The summed E-state index contributed by atoms with van der Waals surface area (Å²) in [6.07, 6.45) is 2.63. The number of rotatable bonds is 3. The van der Waals surface area contributed by atoms with E-state index in [0.29, 0.717) is 11.3 Å². The van der Waals surface area contributed by atoms with Gasteiger partial charge >= 0.3 is 0 Å². The number of hydrogen-bond acceptors (Lipinski definition) is 2. The van der Waals surface area contributed by atoms with Crippen LogP contribution in [-0.2, 0) is 6.61 Å². The van der Waals surface area contributed by atoms with Crippen molar-refractivity contribution in [3.63, 3.8) is 0 Å². The predicted octanol–water partition coefficient (Wildman–Crippen LogP) is 3.25. The first-order chi connectivity index (χ1) is 8.15. The van der Waals surface area contributed by atoms with Crippen LogP contribution in [0.15, 0.2) is 36.7 Å². The van der Waals surface area contributed by atoms with Gasteiger partial charge in [-0.2, -0.15) is 0 Å². The van der Waals surface area contributed by atoms with Crippen LogP contribution < -0.4 is 4.74 Å². The van der Waals surface area contributed by atoms with E-state index in [9.17, 15) is 8.78 Å². The summed E-state index contributed by atoms with van der Waals surface area (Å²) in [7, 11) is 0. The van der Waals surface area contributed by atoms with Gasteiger partial charge in [0.25, 0.3) is 0 Å². The smallest absolute Gasteiger partial charge is 0.141 e. The second-order valence-electron chi connectivity index (χ2n) is 3.71. The molecule has 0 spiro atoms. The molecule has 17 heavy (non-hydrogen) atoms. The zero-order valence-corrected chi connectivity index (χ0v) is 9.28. The average molecular weight is 235 g/mol. The second kappa shape index (κ2) is 4.91. The Labute approximate surface area is 97.9 Å². The molecule has 1 aromatic carbocycles. The lowest BCUT2D eigenvalue weighted by atomic mass is 10.2. The summed E-state index contributed by atoms with van der Waals surface area (Å²) >= 11 is 0. The maximum absolute atomic E-state index is 13.0. The summed E-state index contributed by atoms with van der Waals surface area (Å²) in [5, 5.41) is 0. The molecule has 0 aliphatic carbocycles. The first-order valence-corrected chi connectivity index (χ1v) is 5.13. The number of ether oxygens (including phenoxy) is 1. The van der Waals surface area contributed by atoms with Gasteiger partial charge in [-0.3, -0.25) is 4.98 Å². The summed E-state index contributed by atoms with van der Waals surface area (Å²) in [6.45, 7) is 1.98. The van der Waals surface area contributed by atoms with Crippen LogP contribution in [0.25, 0.3) is 0 Å². The minimum absolute atomic E-state index is 0.162. The van der Waals surface area contributed by atoms with Gasteiger partial charge in [0.1, 0.15) is 24.0 Å². The third-order valence-electron chi connectivity index (χ3n) is 2.31. The van der Waals surface area contributed by atoms with Gasteiger partial charge in [-0.25, -0.2) is 8.78 Å².